The average molecular weight is 325 g/mol. The van der Waals surface area contributed by atoms with Crippen molar-refractivity contribution < 1.29 is 9.47 Å². The zero-order valence-electron chi connectivity index (χ0n) is 13.6. The molecule has 0 saturated carbocycles. The molecule has 3 heterocycles. The Morgan fingerprint density at radius 1 is 1.25 bits per heavy atom. The topological polar surface area (TPSA) is 84.2 Å². The number of nitriles is 1. The first-order chi connectivity index (χ1) is 11.8. The number of anilines is 1. The van der Waals surface area contributed by atoms with E-state index in [-0.39, 0.29) is 0 Å². The highest BCUT2D eigenvalue weighted by molar-refractivity contribution is 5.32. The van der Waals surface area contributed by atoms with Crippen molar-refractivity contribution in [3.05, 3.63) is 36.3 Å². The Bertz CT molecular complexity index is 706. The fourth-order valence-corrected chi connectivity index (χ4v) is 2.64. The summed E-state index contributed by atoms with van der Waals surface area (Å²) < 4.78 is 10.8. The van der Waals surface area contributed by atoms with Crippen LogP contribution >= 0.6 is 0 Å². The van der Waals surface area contributed by atoms with Crippen LogP contribution in [0.25, 0.3) is 0 Å². The highest BCUT2D eigenvalue weighted by Gasteiger charge is 2.21. The number of piperidine rings is 1. The number of rotatable bonds is 5. The zero-order chi connectivity index (χ0) is 16.8. The molecule has 1 saturated heterocycles. The number of hydrogen-bond acceptors (Lipinski definition) is 7. The van der Waals surface area contributed by atoms with Gasteiger partial charge in [-0.15, -0.1) is 0 Å². The van der Waals surface area contributed by atoms with Crippen LogP contribution in [-0.2, 0) is 0 Å². The Labute approximate surface area is 140 Å². The van der Waals surface area contributed by atoms with Gasteiger partial charge >= 0.3 is 0 Å². The average Bonchev–Trinajstić information content (AvgIpc) is 2.67. The molecule has 1 fully saturated rings. The predicted octanol–water partition coefficient (Wildman–Crippen LogP) is 2.05. The zero-order valence-corrected chi connectivity index (χ0v) is 13.6. The monoisotopic (exact) mass is 325 g/mol. The molecule has 2 aromatic rings. The molecule has 0 atom stereocenters. The van der Waals surface area contributed by atoms with Crippen molar-refractivity contribution in [3.63, 3.8) is 0 Å². The van der Waals surface area contributed by atoms with Crippen LogP contribution < -0.4 is 14.4 Å². The van der Waals surface area contributed by atoms with Crippen LogP contribution in [0.2, 0.25) is 0 Å². The molecule has 0 aromatic carbocycles. The minimum absolute atomic E-state index is 0.465. The summed E-state index contributed by atoms with van der Waals surface area (Å²) >= 11 is 0. The number of methoxy groups -OCH3 is 1. The maximum Gasteiger partial charge on any atom is 0.225 e. The van der Waals surface area contributed by atoms with Gasteiger partial charge in [0, 0.05) is 25.4 Å². The van der Waals surface area contributed by atoms with Crippen molar-refractivity contribution in [2.45, 2.75) is 12.8 Å². The summed E-state index contributed by atoms with van der Waals surface area (Å²) in [6.45, 7) is 2.40. The van der Waals surface area contributed by atoms with Gasteiger partial charge < -0.3 is 14.4 Å². The van der Waals surface area contributed by atoms with Gasteiger partial charge in [0.15, 0.2) is 5.75 Å². The molecule has 0 N–H and O–H groups in total. The van der Waals surface area contributed by atoms with Crippen molar-refractivity contribution in [1.29, 1.82) is 5.26 Å². The van der Waals surface area contributed by atoms with Crippen LogP contribution in [0, 0.1) is 17.2 Å². The summed E-state index contributed by atoms with van der Waals surface area (Å²) in [7, 11) is 1.60. The van der Waals surface area contributed by atoms with Crippen molar-refractivity contribution >= 4 is 5.95 Å². The lowest BCUT2D eigenvalue weighted by atomic mass is 9.98. The minimum Gasteiger partial charge on any atom is -0.494 e. The fourth-order valence-electron chi connectivity index (χ4n) is 2.64. The SMILES string of the molecule is COc1cnc(N2CCC(COc3cc(C#N)ccn3)CC2)nc1. The van der Waals surface area contributed by atoms with Gasteiger partial charge in [-0.1, -0.05) is 0 Å². The largest absolute Gasteiger partial charge is 0.494 e. The smallest absolute Gasteiger partial charge is 0.225 e. The van der Waals surface area contributed by atoms with E-state index in [1.807, 2.05) is 0 Å². The highest BCUT2D eigenvalue weighted by atomic mass is 16.5. The molecule has 24 heavy (non-hydrogen) atoms. The van der Waals surface area contributed by atoms with E-state index in [1.165, 1.54) is 0 Å². The van der Waals surface area contributed by atoms with Gasteiger partial charge in [-0.2, -0.15) is 5.26 Å². The van der Waals surface area contributed by atoms with E-state index in [0.29, 0.717) is 29.7 Å². The van der Waals surface area contributed by atoms with Crippen molar-refractivity contribution in [2.75, 3.05) is 31.7 Å². The molecule has 0 bridgehead atoms. The van der Waals surface area contributed by atoms with E-state index in [0.717, 1.165) is 31.9 Å². The summed E-state index contributed by atoms with van der Waals surface area (Å²) in [6.07, 6.45) is 6.98. The lowest BCUT2D eigenvalue weighted by Gasteiger charge is -2.31. The van der Waals surface area contributed by atoms with Gasteiger partial charge in [0.25, 0.3) is 0 Å². The summed E-state index contributed by atoms with van der Waals surface area (Å²) in [4.78, 5) is 15.0. The van der Waals surface area contributed by atoms with E-state index < -0.39 is 0 Å². The second kappa shape index (κ2) is 7.59. The summed E-state index contributed by atoms with van der Waals surface area (Å²) in [6, 6.07) is 5.42. The summed E-state index contributed by atoms with van der Waals surface area (Å²) in [5.74, 6) is 2.37. The van der Waals surface area contributed by atoms with Crippen LogP contribution in [0.5, 0.6) is 11.6 Å². The Kier molecular flexibility index (Phi) is 5.06. The van der Waals surface area contributed by atoms with Crippen LogP contribution in [-0.4, -0.2) is 41.8 Å². The predicted molar refractivity (Wildman–Crippen MR) is 88.0 cm³/mol. The standard InChI is InChI=1S/C17H19N5O2/c1-23-15-10-20-17(21-11-15)22-6-3-13(4-7-22)12-24-16-8-14(9-18)2-5-19-16/h2,5,8,10-11,13H,3-4,6-7,12H2,1H3. The van der Waals surface area contributed by atoms with E-state index in [4.69, 9.17) is 14.7 Å². The first-order valence-electron chi connectivity index (χ1n) is 7.88. The van der Waals surface area contributed by atoms with Crippen LogP contribution in [0.4, 0.5) is 5.95 Å². The second-order valence-electron chi connectivity index (χ2n) is 5.66. The molecule has 2 aromatic heterocycles. The van der Waals surface area contributed by atoms with Crippen molar-refractivity contribution in [3.8, 4) is 17.7 Å². The van der Waals surface area contributed by atoms with Gasteiger partial charge in [-0.25, -0.2) is 15.0 Å². The number of pyridine rings is 1. The lowest BCUT2D eigenvalue weighted by molar-refractivity contribution is 0.215. The lowest BCUT2D eigenvalue weighted by Crippen LogP contribution is -2.36. The van der Waals surface area contributed by atoms with Gasteiger partial charge in [-0.05, 0) is 24.8 Å². The Hall–Kier alpha value is -2.88. The van der Waals surface area contributed by atoms with Crippen molar-refractivity contribution in [1.82, 2.24) is 15.0 Å². The molecule has 124 valence electrons. The first kappa shape index (κ1) is 16.0. The molecule has 0 spiro atoms. The highest BCUT2D eigenvalue weighted by Crippen LogP contribution is 2.22. The number of ether oxygens (including phenoxy) is 2. The van der Waals surface area contributed by atoms with E-state index in [1.54, 1.807) is 37.8 Å². The van der Waals surface area contributed by atoms with Gasteiger partial charge in [0.2, 0.25) is 11.8 Å². The maximum atomic E-state index is 8.89. The number of aromatic nitrogens is 3. The molecule has 0 aliphatic carbocycles. The third-order valence-electron chi connectivity index (χ3n) is 4.08. The minimum atomic E-state index is 0.465. The third-order valence-corrected chi connectivity index (χ3v) is 4.08. The van der Waals surface area contributed by atoms with E-state index in [2.05, 4.69) is 25.9 Å². The fraction of sp³-hybridized carbons (Fsp3) is 0.412. The number of nitrogens with zero attached hydrogens (tertiary/aromatic N) is 5. The first-order valence-corrected chi connectivity index (χ1v) is 7.88. The third kappa shape index (κ3) is 3.90. The molecule has 0 amide bonds. The number of hydrogen-bond donors (Lipinski definition) is 0. The van der Waals surface area contributed by atoms with Crippen LogP contribution in [0.3, 0.4) is 0 Å². The second-order valence-corrected chi connectivity index (χ2v) is 5.66. The molecular weight excluding hydrogens is 306 g/mol. The quantitative estimate of drug-likeness (QED) is 0.831. The van der Waals surface area contributed by atoms with Crippen LogP contribution in [0.15, 0.2) is 30.7 Å². The van der Waals surface area contributed by atoms with Crippen LogP contribution in [0.1, 0.15) is 18.4 Å². The van der Waals surface area contributed by atoms with Crippen molar-refractivity contribution in [2.24, 2.45) is 5.92 Å². The summed E-state index contributed by atoms with van der Waals surface area (Å²) in [5.41, 5.74) is 0.562. The normalized spacial score (nSPS) is 14.9. The molecule has 0 unspecified atom stereocenters. The van der Waals surface area contributed by atoms with Gasteiger partial charge in [0.1, 0.15) is 0 Å². The Morgan fingerprint density at radius 2 is 2.00 bits per heavy atom. The molecule has 3 rings (SSSR count). The molecule has 7 nitrogen and oxygen atoms in total. The molecular formula is C17H19N5O2. The summed E-state index contributed by atoms with van der Waals surface area (Å²) in [5, 5.41) is 8.89. The molecule has 1 aliphatic heterocycles. The van der Waals surface area contributed by atoms with Gasteiger partial charge in [0.05, 0.1) is 37.7 Å². The van der Waals surface area contributed by atoms with E-state index >= 15 is 0 Å². The Morgan fingerprint density at radius 3 is 2.67 bits per heavy atom. The molecule has 0 radical (unpaired) electrons. The molecule has 1 aliphatic rings. The molecule has 7 heteroatoms. The van der Waals surface area contributed by atoms with Gasteiger partial charge in [-0.3, -0.25) is 0 Å². The maximum absolute atomic E-state index is 8.89. The van der Waals surface area contributed by atoms with E-state index in [9.17, 15) is 0 Å². The Balaban J connectivity index is 1.48.